The smallest absolute Gasteiger partial charge is 0.279 e. The van der Waals surface area contributed by atoms with Crippen molar-refractivity contribution in [2.45, 2.75) is 0 Å². The molecule has 0 aliphatic heterocycles. The summed E-state index contributed by atoms with van der Waals surface area (Å²) in [5.74, 6) is 6.55. The molecule has 0 bridgehead atoms. The van der Waals surface area contributed by atoms with Crippen LogP contribution in [0.3, 0.4) is 0 Å². The number of nitrogens with one attached hydrogen (secondary N) is 2. The summed E-state index contributed by atoms with van der Waals surface area (Å²) >= 11 is 7.31. The summed E-state index contributed by atoms with van der Waals surface area (Å²) in [6, 6.07) is 0. The molecule has 0 aromatic rings. The Morgan fingerprint density at radius 1 is 0.649 bits per heavy atom. The van der Waals surface area contributed by atoms with E-state index in [4.69, 9.17) is 10.2 Å². The van der Waals surface area contributed by atoms with E-state index >= 15 is 0 Å². The van der Waals surface area contributed by atoms with Crippen LogP contribution in [-0.2, 0) is 21.6 Å². The average molecular weight is 655 g/mol. The monoisotopic (exact) mass is 654 g/mol. The van der Waals surface area contributed by atoms with Gasteiger partial charge in [-0.3, -0.25) is 28.0 Å². The van der Waals surface area contributed by atoms with Gasteiger partial charge < -0.3 is 20.8 Å². The summed E-state index contributed by atoms with van der Waals surface area (Å²) in [5, 5.41) is 22.7. The lowest BCUT2D eigenvalue weighted by Crippen LogP contribution is -2.22. The third-order valence-corrected chi connectivity index (χ3v) is 10.7. The van der Waals surface area contributed by atoms with Gasteiger partial charge in [0.2, 0.25) is 0 Å². The first-order chi connectivity index (χ1) is 18.0. The van der Waals surface area contributed by atoms with Gasteiger partial charge in [0.1, 0.15) is 0 Å². The Kier molecular flexibility index (Phi) is 29.4. The van der Waals surface area contributed by atoms with E-state index in [1.807, 2.05) is 0 Å². The summed E-state index contributed by atoms with van der Waals surface area (Å²) in [6.07, 6.45) is 0. The molecule has 4 N–H and O–H groups in total. The van der Waals surface area contributed by atoms with Crippen molar-refractivity contribution in [2.24, 2.45) is 9.98 Å². The van der Waals surface area contributed by atoms with Crippen LogP contribution in [0.1, 0.15) is 0 Å². The van der Waals surface area contributed by atoms with Gasteiger partial charge in [-0.25, -0.2) is 0 Å². The normalized spacial score (nSPS) is 13.2. The maximum atomic E-state index is 11.9. The van der Waals surface area contributed by atoms with E-state index in [1.54, 1.807) is 35.3 Å². The first kappa shape index (κ1) is 37.2. The first-order valence-corrected chi connectivity index (χ1v) is 19.7. The molecule has 2 amide bonds. The van der Waals surface area contributed by atoms with Gasteiger partial charge in [0.15, 0.2) is 0 Å². The van der Waals surface area contributed by atoms with Crippen molar-refractivity contribution < 1.29 is 28.2 Å². The van der Waals surface area contributed by atoms with Crippen LogP contribution in [0.2, 0.25) is 0 Å². The molecule has 0 aliphatic carbocycles. The fourth-order valence-corrected chi connectivity index (χ4v) is 7.34. The van der Waals surface area contributed by atoms with Gasteiger partial charge in [-0.15, -0.1) is 0 Å². The summed E-state index contributed by atoms with van der Waals surface area (Å²) < 4.78 is 23.2. The number of hydrogen-bond acceptors (Lipinski definition) is 13. The summed E-state index contributed by atoms with van der Waals surface area (Å²) in [6.45, 7) is 2.18. The van der Waals surface area contributed by atoms with Gasteiger partial charge in [0, 0.05) is 78.0 Å². The van der Waals surface area contributed by atoms with Gasteiger partial charge in [-0.1, -0.05) is 23.5 Å². The highest BCUT2D eigenvalue weighted by Gasteiger charge is 2.03. The van der Waals surface area contributed by atoms with Crippen LogP contribution >= 0.6 is 58.8 Å². The number of nitrogens with zero attached hydrogens (tertiary/aromatic N) is 2. The third-order valence-electron chi connectivity index (χ3n) is 3.65. The summed E-state index contributed by atoms with van der Waals surface area (Å²) in [4.78, 5) is 31.4. The molecular formula is C20H38N4O6S7. The van der Waals surface area contributed by atoms with E-state index in [0.29, 0.717) is 43.4 Å². The molecule has 0 saturated heterocycles. The van der Waals surface area contributed by atoms with Gasteiger partial charge in [0.05, 0.1) is 51.7 Å². The Morgan fingerprint density at radius 2 is 1.16 bits per heavy atom. The fraction of sp³-hybridized carbons (Fsp3) is 0.800. The van der Waals surface area contributed by atoms with Crippen LogP contribution < -0.4 is 10.6 Å². The average Bonchev–Trinajstić information content (AvgIpc) is 2.88. The van der Waals surface area contributed by atoms with Gasteiger partial charge in [0.25, 0.3) is 10.5 Å². The largest absolute Gasteiger partial charge is 0.396 e. The van der Waals surface area contributed by atoms with Crippen molar-refractivity contribution in [1.82, 2.24) is 10.6 Å². The van der Waals surface area contributed by atoms with E-state index in [9.17, 15) is 18.0 Å². The number of aliphatic imine (C=N–C) groups is 2. The number of amides is 2. The number of aliphatic hydroxyl groups is 2. The zero-order valence-corrected chi connectivity index (χ0v) is 26.5. The minimum Gasteiger partial charge on any atom is -0.396 e. The molecule has 216 valence electrons. The van der Waals surface area contributed by atoms with Crippen LogP contribution in [0.4, 0.5) is 9.59 Å². The Balaban J connectivity index is 3.47. The van der Waals surface area contributed by atoms with Crippen LogP contribution in [0.5, 0.6) is 0 Å². The van der Waals surface area contributed by atoms with E-state index in [2.05, 4.69) is 20.6 Å². The van der Waals surface area contributed by atoms with E-state index in [0.717, 1.165) is 46.3 Å². The number of rotatable bonds is 24. The molecular weight excluding hydrogens is 617 g/mol. The summed E-state index contributed by atoms with van der Waals surface area (Å²) in [7, 11) is -2.29. The minimum atomic E-state index is -1.20. The lowest BCUT2D eigenvalue weighted by Gasteiger charge is -2.04. The van der Waals surface area contributed by atoms with Crippen LogP contribution in [0.15, 0.2) is 9.98 Å². The topological polar surface area (TPSA) is 158 Å². The molecule has 0 aromatic heterocycles. The molecule has 0 radical (unpaired) electrons. The maximum absolute atomic E-state index is 11.9. The van der Waals surface area contributed by atoms with Crippen LogP contribution in [0.25, 0.3) is 0 Å². The fourth-order valence-electron chi connectivity index (χ4n) is 2.03. The molecule has 0 aromatic carbocycles. The van der Waals surface area contributed by atoms with E-state index < -0.39 is 21.6 Å². The van der Waals surface area contributed by atoms with Crippen molar-refractivity contribution in [3.8, 4) is 0 Å². The Morgan fingerprint density at radius 3 is 1.70 bits per heavy atom. The zero-order chi connectivity index (χ0) is 27.4. The quantitative estimate of drug-likeness (QED) is 0.0681. The molecule has 17 heteroatoms. The highest BCUT2D eigenvalue weighted by atomic mass is 32.2. The SMILES string of the molecule is O=C(NCCSCCN=CS(=O)CCSCCSC(=O)NCCSCCN=CS(=O)CCO)SCCO. The van der Waals surface area contributed by atoms with E-state index in [1.165, 1.54) is 22.9 Å². The predicted octanol–water partition coefficient (Wildman–Crippen LogP) is 1.61. The molecule has 0 rings (SSSR count). The van der Waals surface area contributed by atoms with E-state index in [-0.39, 0.29) is 29.4 Å². The molecule has 0 saturated carbocycles. The highest BCUT2D eigenvalue weighted by Crippen LogP contribution is 2.08. The van der Waals surface area contributed by atoms with Crippen molar-refractivity contribution in [3.63, 3.8) is 0 Å². The Bertz CT molecular complexity index is 704. The maximum Gasteiger partial charge on any atom is 0.279 e. The molecule has 0 fully saturated rings. The van der Waals surface area contributed by atoms with Crippen LogP contribution in [0, 0.1) is 0 Å². The molecule has 0 heterocycles. The summed E-state index contributed by atoms with van der Waals surface area (Å²) in [5.41, 5.74) is 2.87. The zero-order valence-electron chi connectivity index (χ0n) is 20.7. The molecule has 0 spiro atoms. The van der Waals surface area contributed by atoms with Gasteiger partial charge >= 0.3 is 0 Å². The standard InChI is InChI=1S/C20H38N4O6S7/c25-5-11-34-19(27)23-3-9-32-8-2-22-18-37(30)16-14-33-12-13-35-20(28)24-4-10-31-7-1-21-17-36(29)15-6-26/h17-18,25-26H,1-16H2,(H,23,27)(H,24,28). The molecule has 10 nitrogen and oxygen atoms in total. The van der Waals surface area contributed by atoms with Gasteiger partial charge in [-0.05, 0) is 0 Å². The second-order valence-corrected chi connectivity index (χ2v) is 15.2. The molecule has 37 heavy (non-hydrogen) atoms. The van der Waals surface area contributed by atoms with Crippen molar-refractivity contribution >= 4 is 102 Å². The van der Waals surface area contributed by atoms with Crippen molar-refractivity contribution in [1.29, 1.82) is 0 Å². The number of carbonyl (C=O) groups excluding carboxylic acids is 2. The first-order valence-electron chi connectivity index (χ1n) is 11.5. The Hall–Kier alpha value is 0.250. The number of carbonyl (C=O) groups is 2. The minimum absolute atomic E-state index is 0.0108. The second-order valence-electron chi connectivity index (χ2n) is 6.60. The molecule has 0 aliphatic rings. The second kappa shape index (κ2) is 29.2. The van der Waals surface area contributed by atoms with Crippen LogP contribution in [-0.4, -0.2) is 137 Å². The molecule has 2 atom stereocenters. The highest BCUT2D eigenvalue weighted by molar-refractivity contribution is 8.14. The Labute approximate surface area is 246 Å². The number of thioether (sulfide) groups is 5. The number of aliphatic hydroxyl groups excluding tert-OH is 2. The predicted molar refractivity (Wildman–Crippen MR) is 171 cm³/mol. The van der Waals surface area contributed by atoms with Crippen molar-refractivity contribution in [2.75, 3.05) is 96.9 Å². The van der Waals surface area contributed by atoms with Gasteiger partial charge in [-0.2, -0.15) is 35.3 Å². The molecule has 2 unspecified atom stereocenters. The lowest BCUT2D eigenvalue weighted by atomic mass is 10.8. The van der Waals surface area contributed by atoms with Crippen molar-refractivity contribution in [3.05, 3.63) is 0 Å². The lowest BCUT2D eigenvalue weighted by molar-refractivity contribution is 0.260. The third kappa shape index (κ3) is 29.1. The number of hydrogen-bond donors (Lipinski definition) is 4.